The summed E-state index contributed by atoms with van der Waals surface area (Å²) >= 11 is 1.50. The number of para-hydroxylation sites is 1. The van der Waals surface area contributed by atoms with E-state index in [1.165, 1.54) is 17.3 Å². The number of nitrogens with zero attached hydrogens (tertiary/aromatic N) is 7. The first-order valence-electron chi connectivity index (χ1n) is 11.0. The number of benzene rings is 2. The van der Waals surface area contributed by atoms with Gasteiger partial charge in [0.15, 0.2) is 5.16 Å². The van der Waals surface area contributed by atoms with Gasteiger partial charge in [-0.2, -0.15) is 15.0 Å². The number of nitrogens with two attached hydrogens (primary N) is 1. The molecule has 11 heteroatoms. The van der Waals surface area contributed by atoms with Gasteiger partial charge in [0.1, 0.15) is 5.82 Å². The normalized spacial score (nSPS) is 13.7. The number of hydrogen-bond acceptors (Lipinski definition) is 10. The topological polar surface area (TPSA) is 120 Å². The molecular weight excluding hydrogens is 450 g/mol. The maximum Gasteiger partial charge on any atom is 0.232 e. The minimum absolute atomic E-state index is 0.165. The molecular formula is C23H25N9OS. The van der Waals surface area contributed by atoms with E-state index in [2.05, 4.69) is 71.1 Å². The molecule has 2 aromatic carbocycles. The fraction of sp³-hybridized carbons (Fsp3) is 0.261. The van der Waals surface area contributed by atoms with Crippen molar-refractivity contribution in [2.75, 3.05) is 42.3 Å². The predicted molar refractivity (Wildman–Crippen MR) is 133 cm³/mol. The maximum absolute atomic E-state index is 5.96. The van der Waals surface area contributed by atoms with E-state index in [1.807, 2.05) is 30.3 Å². The van der Waals surface area contributed by atoms with Gasteiger partial charge in [-0.25, -0.2) is 0 Å². The summed E-state index contributed by atoms with van der Waals surface area (Å²) in [4.78, 5) is 15.3. The first-order chi connectivity index (χ1) is 16.7. The molecule has 3 heterocycles. The summed E-state index contributed by atoms with van der Waals surface area (Å²) in [5.41, 5.74) is 9.03. The molecule has 1 aliphatic heterocycles. The number of anilines is 4. The molecule has 4 aromatic rings. The first kappa shape index (κ1) is 22.1. The first-order valence-corrected chi connectivity index (χ1v) is 11.9. The third-order valence-corrected chi connectivity index (χ3v) is 6.19. The van der Waals surface area contributed by atoms with Gasteiger partial charge in [0, 0.05) is 18.8 Å². The summed E-state index contributed by atoms with van der Waals surface area (Å²) in [7, 11) is 0. The van der Waals surface area contributed by atoms with Gasteiger partial charge in [-0.1, -0.05) is 47.7 Å². The summed E-state index contributed by atoms with van der Waals surface area (Å²) < 4.78 is 7.59. The van der Waals surface area contributed by atoms with Gasteiger partial charge in [-0.3, -0.25) is 4.57 Å². The van der Waals surface area contributed by atoms with Crippen LogP contribution in [0.5, 0.6) is 0 Å². The Balaban J connectivity index is 1.40. The standard InChI is InChI=1S/C23H25N9OS/c1-16-7-9-18(10-8-16)32-22(31-11-13-33-14-12-31)29-30-23(32)34-15-19-26-20(24)28-21(27-19)25-17-5-3-2-4-6-17/h2-10H,11-15H2,1H3,(H3,24,25,26,27,28). The lowest BCUT2D eigenvalue weighted by molar-refractivity contribution is 0.122. The lowest BCUT2D eigenvalue weighted by atomic mass is 10.2. The zero-order chi connectivity index (χ0) is 23.3. The van der Waals surface area contributed by atoms with Gasteiger partial charge in [-0.05, 0) is 31.2 Å². The van der Waals surface area contributed by atoms with Gasteiger partial charge in [0.05, 0.1) is 24.7 Å². The second-order valence-corrected chi connectivity index (χ2v) is 8.71. The van der Waals surface area contributed by atoms with Gasteiger partial charge in [0.25, 0.3) is 0 Å². The Bertz CT molecular complexity index is 1240. The van der Waals surface area contributed by atoms with Crippen LogP contribution < -0.4 is 16.0 Å². The van der Waals surface area contributed by atoms with E-state index in [-0.39, 0.29) is 5.95 Å². The van der Waals surface area contributed by atoms with Crippen molar-refractivity contribution in [2.24, 2.45) is 0 Å². The van der Waals surface area contributed by atoms with Crippen molar-refractivity contribution in [3.8, 4) is 5.69 Å². The molecule has 0 saturated carbocycles. The Kier molecular flexibility index (Phi) is 6.54. The summed E-state index contributed by atoms with van der Waals surface area (Å²) in [6.07, 6.45) is 0. The van der Waals surface area contributed by atoms with Crippen molar-refractivity contribution in [2.45, 2.75) is 17.8 Å². The predicted octanol–water partition coefficient (Wildman–Crippen LogP) is 3.22. The van der Waals surface area contributed by atoms with Crippen LogP contribution in [0.4, 0.5) is 23.5 Å². The number of aryl methyl sites for hydroxylation is 1. The van der Waals surface area contributed by atoms with E-state index in [0.29, 0.717) is 30.7 Å². The van der Waals surface area contributed by atoms with Crippen molar-refractivity contribution in [3.63, 3.8) is 0 Å². The van der Waals surface area contributed by atoms with Crippen LogP contribution in [0.2, 0.25) is 0 Å². The van der Waals surface area contributed by atoms with Crippen LogP contribution in [0.25, 0.3) is 5.69 Å². The average Bonchev–Trinajstić information content (AvgIpc) is 3.28. The van der Waals surface area contributed by atoms with Crippen LogP contribution in [0, 0.1) is 6.92 Å². The fourth-order valence-corrected chi connectivity index (χ4v) is 4.38. The van der Waals surface area contributed by atoms with Crippen LogP contribution in [-0.4, -0.2) is 56.0 Å². The summed E-state index contributed by atoms with van der Waals surface area (Å²) in [5.74, 6) is 2.39. The van der Waals surface area contributed by atoms with Crippen molar-refractivity contribution < 1.29 is 4.74 Å². The second-order valence-electron chi connectivity index (χ2n) is 7.77. The lowest BCUT2D eigenvalue weighted by Gasteiger charge is -2.27. The SMILES string of the molecule is Cc1ccc(-n2c(SCc3nc(N)nc(Nc4ccccc4)n3)nnc2N2CCOCC2)cc1. The number of morpholine rings is 1. The molecule has 0 spiro atoms. The number of hydrogen-bond donors (Lipinski definition) is 2. The van der Waals surface area contributed by atoms with E-state index in [0.717, 1.165) is 35.6 Å². The number of rotatable bonds is 7. The van der Waals surface area contributed by atoms with Crippen LogP contribution in [0.3, 0.4) is 0 Å². The van der Waals surface area contributed by atoms with Crippen molar-refractivity contribution in [1.29, 1.82) is 0 Å². The van der Waals surface area contributed by atoms with Crippen molar-refractivity contribution >= 4 is 35.3 Å². The molecule has 174 valence electrons. The van der Waals surface area contributed by atoms with Gasteiger partial charge in [-0.15, -0.1) is 10.2 Å². The number of ether oxygens (including phenoxy) is 1. The molecule has 2 aromatic heterocycles. The highest BCUT2D eigenvalue weighted by Crippen LogP contribution is 2.29. The van der Waals surface area contributed by atoms with Gasteiger partial charge >= 0.3 is 0 Å². The molecule has 0 unspecified atom stereocenters. The Hall–Kier alpha value is -3.70. The quantitative estimate of drug-likeness (QED) is 0.386. The molecule has 1 aliphatic rings. The Morgan fingerprint density at radius 3 is 2.50 bits per heavy atom. The maximum atomic E-state index is 5.96. The smallest absolute Gasteiger partial charge is 0.232 e. The number of nitrogen functional groups attached to an aromatic ring is 1. The Morgan fingerprint density at radius 1 is 0.971 bits per heavy atom. The summed E-state index contributed by atoms with van der Waals surface area (Å²) in [6.45, 7) is 4.95. The summed E-state index contributed by atoms with van der Waals surface area (Å²) in [6, 6.07) is 18.0. The number of nitrogens with one attached hydrogen (secondary N) is 1. The molecule has 3 N–H and O–H groups in total. The van der Waals surface area contributed by atoms with Crippen LogP contribution in [0.1, 0.15) is 11.4 Å². The van der Waals surface area contributed by atoms with E-state index < -0.39 is 0 Å². The zero-order valence-corrected chi connectivity index (χ0v) is 19.6. The largest absolute Gasteiger partial charge is 0.378 e. The van der Waals surface area contributed by atoms with Crippen molar-refractivity contribution in [3.05, 3.63) is 66.0 Å². The molecule has 0 aliphatic carbocycles. The molecule has 1 saturated heterocycles. The molecule has 34 heavy (non-hydrogen) atoms. The highest BCUT2D eigenvalue weighted by atomic mass is 32.2. The lowest BCUT2D eigenvalue weighted by Crippen LogP contribution is -2.37. The third kappa shape index (κ3) is 5.10. The van der Waals surface area contributed by atoms with Crippen LogP contribution in [0.15, 0.2) is 59.8 Å². The van der Waals surface area contributed by atoms with Gasteiger partial charge < -0.3 is 20.7 Å². The Labute approximate surface area is 201 Å². The molecule has 0 atom stereocenters. The minimum Gasteiger partial charge on any atom is -0.378 e. The molecule has 0 amide bonds. The highest BCUT2D eigenvalue weighted by molar-refractivity contribution is 7.98. The van der Waals surface area contributed by atoms with Gasteiger partial charge in [0.2, 0.25) is 17.8 Å². The monoisotopic (exact) mass is 475 g/mol. The third-order valence-electron chi connectivity index (χ3n) is 5.26. The van der Waals surface area contributed by atoms with Crippen LogP contribution >= 0.6 is 11.8 Å². The number of aromatic nitrogens is 6. The molecule has 10 nitrogen and oxygen atoms in total. The van der Waals surface area contributed by atoms with E-state index in [4.69, 9.17) is 10.5 Å². The van der Waals surface area contributed by atoms with Crippen molar-refractivity contribution in [1.82, 2.24) is 29.7 Å². The zero-order valence-electron chi connectivity index (χ0n) is 18.8. The van der Waals surface area contributed by atoms with E-state index in [1.54, 1.807) is 0 Å². The number of thioether (sulfide) groups is 1. The Morgan fingerprint density at radius 2 is 1.74 bits per heavy atom. The van der Waals surface area contributed by atoms with E-state index in [9.17, 15) is 0 Å². The van der Waals surface area contributed by atoms with Crippen LogP contribution in [-0.2, 0) is 10.5 Å². The summed E-state index contributed by atoms with van der Waals surface area (Å²) in [5, 5.41) is 12.9. The highest BCUT2D eigenvalue weighted by Gasteiger charge is 2.22. The molecule has 5 rings (SSSR count). The minimum atomic E-state index is 0.165. The molecule has 0 radical (unpaired) electrons. The fourth-order valence-electron chi connectivity index (χ4n) is 3.58. The molecule has 0 bridgehead atoms. The second kappa shape index (κ2) is 10.1. The average molecular weight is 476 g/mol. The van der Waals surface area contributed by atoms with E-state index >= 15 is 0 Å². The molecule has 1 fully saturated rings.